The van der Waals surface area contributed by atoms with Gasteiger partial charge in [0.2, 0.25) is 12.3 Å². The van der Waals surface area contributed by atoms with E-state index in [1.54, 1.807) is 34.6 Å². The summed E-state index contributed by atoms with van der Waals surface area (Å²) in [6.07, 6.45) is 7.83. The number of hydrogen-bond acceptors (Lipinski definition) is 7. The number of hydrogen-bond donors (Lipinski definition) is 1. The van der Waals surface area contributed by atoms with Crippen molar-refractivity contribution in [2.75, 3.05) is 54.6 Å². The van der Waals surface area contributed by atoms with Gasteiger partial charge < -0.3 is 29.3 Å². The van der Waals surface area contributed by atoms with Crippen molar-refractivity contribution < 1.29 is 23.8 Å². The molecule has 9 nitrogen and oxygen atoms in total. The number of amides is 2. The average Bonchev–Trinajstić information content (AvgIpc) is 3.22. The molecule has 0 saturated carbocycles. The average molecular weight is 513 g/mol. The molecule has 3 heterocycles. The Bertz CT molecular complexity index is 995. The van der Waals surface area contributed by atoms with Gasteiger partial charge in [-0.25, -0.2) is 0 Å². The topological polar surface area (TPSA) is 93.2 Å². The molecule has 0 radical (unpaired) electrons. The lowest BCUT2D eigenvalue weighted by Crippen LogP contribution is -2.45. The fourth-order valence-corrected chi connectivity index (χ4v) is 5.23. The number of carbonyl (C=O) groups excluding carboxylic acids is 2. The van der Waals surface area contributed by atoms with Gasteiger partial charge in [0.1, 0.15) is 0 Å². The molecule has 2 aliphatic heterocycles. The second-order valence-corrected chi connectivity index (χ2v) is 9.61. The molecular weight excluding hydrogens is 472 g/mol. The van der Waals surface area contributed by atoms with E-state index in [4.69, 9.17) is 9.47 Å². The van der Waals surface area contributed by atoms with Crippen molar-refractivity contribution in [1.82, 2.24) is 20.1 Å². The van der Waals surface area contributed by atoms with E-state index in [-0.39, 0.29) is 11.5 Å². The minimum Gasteiger partial charge on any atom is -0.493 e. The Hall–Kier alpha value is -3.17. The Morgan fingerprint density at radius 2 is 1.76 bits per heavy atom. The molecule has 1 aromatic heterocycles. The first kappa shape index (κ1) is 28.4. The third-order valence-corrected chi connectivity index (χ3v) is 7.32. The van der Waals surface area contributed by atoms with E-state index in [2.05, 4.69) is 19.9 Å². The van der Waals surface area contributed by atoms with E-state index in [9.17, 15) is 9.59 Å². The molecule has 37 heavy (non-hydrogen) atoms. The lowest BCUT2D eigenvalue weighted by Gasteiger charge is -2.38. The van der Waals surface area contributed by atoms with Crippen LogP contribution in [0.15, 0.2) is 42.7 Å². The SMILES string of the molecule is COC.COc1ccc(C(CCN2CCC3(CC2)CCN(Cc2cccnc2)C3=O)NC=O)cc1OC. The summed E-state index contributed by atoms with van der Waals surface area (Å²) in [7, 11) is 6.46. The number of likely N-dealkylation sites (tertiary alicyclic amines) is 2. The smallest absolute Gasteiger partial charge is 0.229 e. The molecule has 2 amide bonds. The van der Waals surface area contributed by atoms with Crippen LogP contribution >= 0.6 is 0 Å². The number of carbonyl (C=O) groups is 2. The van der Waals surface area contributed by atoms with Crippen LogP contribution in [0.2, 0.25) is 0 Å². The number of rotatable bonds is 10. The standard InChI is InChI=1S/C26H34N4O4.C2H6O/c1-33-23-6-5-21(16-24(23)34-2)22(28-19-31)7-12-29-13-8-26(9-14-29)10-15-30(25(26)32)18-20-4-3-11-27-17-20;1-3-2/h3-6,11,16-17,19,22H,7-10,12-15,18H2,1-2H3,(H,28,31);1-2H3. The maximum absolute atomic E-state index is 13.3. The maximum atomic E-state index is 13.3. The Morgan fingerprint density at radius 3 is 2.38 bits per heavy atom. The highest BCUT2D eigenvalue weighted by atomic mass is 16.5. The number of piperidine rings is 1. The summed E-state index contributed by atoms with van der Waals surface area (Å²) in [5, 5.41) is 2.94. The summed E-state index contributed by atoms with van der Waals surface area (Å²) in [5.74, 6) is 1.60. The van der Waals surface area contributed by atoms with Crippen molar-refractivity contribution in [3.05, 3.63) is 53.9 Å². The highest BCUT2D eigenvalue weighted by Crippen LogP contribution is 2.42. The third kappa shape index (κ3) is 7.20. The van der Waals surface area contributed by atoms with Gasteiger partial charge in [-0.2, -0.15) is 0 Å². The molecule has 1 unspecified atom stereocenters. The molecule has 0 aliphatic carbocycles. The molecule has 2 aliphatic rings. The first-order valence-electron chi connectivity index (χ1n) is 12.7. The van der Waals surface area contributed by atoms with Crippen LogP contribution < -0.4 is 14.8 Å². The van der Waals surface area contributed by atoms with Crippen molar-refractivity contribution in [2.45, 2.75) is 38.3 Å². The predicted octanol–water partition coefficient (Wildman–Crippen LogP) is 3.05. The largest absolute Gasteiger partial charge is 0.493 e. The first-order valence-corrected chi connectivity index (χ1v) is 12.7. The molecule has 4 rings (SSSR count). The molecule has 0 bridgehead atoms. The lowest BCUT2D eigenvalue weighted by molar-refractivity contribution is -0.138. The molecular formula is C28H40N4O5. The molecule has 1 N–H and O–H groups in total. The van der Waals surface area contributed by atoms with E-state index < -0.39 is 0 Å². The highest BCUT2D eigenvalue weighted by Gasteiger charge is 2.47. The van der Waals surface area contributed by atoms with Gasteiger partial charge in [0, 0.05) is 46.2 Å². The molecule has 1 aromatic carbocycles. The Labute approximate surface area is 220 Å². The summed E-state index contributed by atoms with van der Waals surface area (Å²) < 4.78 is 15.0. The summed E-state index contributed by atoms with van der Waals surface area (Å²) >= 11 is 0. The number of methoxy groups -OCH3 is 3. The van der Waals surface area contributed by atoms with Gasteiger partial charge >= 0.3 is 0 Å². The van der Waals surface area contributed by atoms with Crippen molar-refractivity contribution in [3.63, 3.8) is 0 Å². The van der Waals surface area contributed by atoms with Crippen molar-refractivity contribution in [3.8, 4) is 11.5 Å². The number of pyridine rings is 1. The fraction of sp³-hybridized carbons (Fsp3) is 0.536. The number of ether oxygens (including phenoxy) is 3. The maximum Gasteiger partial charge on any atom is 0.229 e. The molecule has 2 saturated heterocycles. The molecule has 9 heteroatoms. The van der Waals surface area contributed by atoms with E-state index in [0.717, 1.165) is 69.4 Å². The third-order valence-electron chi connectivity index (χ3n) is 7.32. The second-order valence-electron chi connectivity index (χ2n) is 9.61. The highest BCUT2D eigenvalue weighted by molar-refractivity contribution is 5.85. The minimum absolute atomic E-state index is 0.115. The number of aromatic nitrogens is 1. The van der Waals surface area contributed by atoms with E-state index in [0.29, 0.717) is 24.0 Å². The molecule has 202 valence electrons. The van der Waals surface area contributed by atoms with E-state index in [1.807, 2.05) is 41.4 Å². The van der Waals surface area contributed by atoms with E-state index >= 15 is 0 Å². The van der Waals surface area contributed by atoms with Crippen LogP contribution in [0.1, 0.15) is 42.9 Å². The molecule has 2 fully saturated rings. The van der Waals surface area contributed by atoms with Crippen LogP contribution in [0, 0.1) is 5.41 Å². The summed E-state index contributed by atoms with van der Waals surface area (Å²) in [6, 6.07) is 9.56. The Morgan fingerprint density at radius 1 is 1.05 bits per heavy atom. The Balaban J connectivity index is 0.00000121. The van der Waals surface area contributed by atoms with Crippen LogP contribution in [0.3, 0.4) is 0 Å². The fourth-order valence-electron chi connectivity index (χ4n) is 5.23. The van der Waals surface area contributed by atoms with Crippen LogP contribution in [-0.4, -0.2) is 81.7 Å². The molecule has 1 spiro atoms. The number of benzene rings is 1. The summed E-state index contributed by atoms with van der Waals surface area (Å²) in [4.78, 5) is 33.1. The summed E-state index contributed by atoms with van der Waals surface area (Å²) in [6.45, 7) is 4.10. The van der Waals surface area contributed by atoms with E-state index in [1.165, 1.54) is 0 Å². The van der Waals surface area contributed by atoms with Crippen molar-refractivity contribution in [1.29, 1.82) is 0 Å². The van der Waals surface area contributed by atoms with Crippen LogP contribution in [-0.2, 0) is 20.9 Å². The van der Waals surface area contributed by atoms with Gasteiger partial charge in [-0.05, 0) is 68.1 Å². The lowest BCUT2D eigenvalue weighted by atomic mass is 9.77. The zero-order valence-electron chi connectivity index (χ0n) is 22.4. The zero-order valence-corrected chi connectivity index (χ0v) is 22.4. The second kappa shape index (κ2) is 13.9. The van der Waals surface area contributed by atoms with Gasteiger partial charge in [-0.3, -0.25) is 14.6 Å². The van der Waals surface area contributed by atoms with Crippen LogP contribution in [0.4, 0.5) is 0 Å². The molecule has 1 atom stereocenters. The van der Waals surface area contributed by atoms with Gasteiger partial charge in [0.05, 0.1) is 25.7 Å². The quantitative estimate of drug-likeness (QED) is 0.489. The normalized spacial score (nSPS) is 17.6. The first-order chi connectivity index (χ1) is 18.0. The molecule has 2 aromatic rings. The van der Waals surface area contributed by atoms with Gasteiger partial charge in [0.15, 0.2) is 11.5 Å². The van der Waals surface area contributed by atoms with Crippen molar-refractivity contribution >= 4 is 12.3 Å². The van der Waals surface area contributed by atoms with Gasteiger partial charge in [0.25, 0.3) is 0 Å². The number of nitrogens with one attached hydrogen (secondary N) is 1. The van der Waals surface area contributed by atoms with Crippen LogP contribution in [0.5, 0.6) is 11.5 Å². The van der Waals surface area contributed by atoms with Gasteiger partial charge in [-0.15, -0.1) is 0 Å². The van der Waals surface area contributed by atoms with Crippen molar-refractivity contribution in [2.24, 2.45) is 5.41 Å². The zero-order chi connectivity index (χ0) is 26.7. The Kier molecular flexibility index (Phi) is 10.7. The van der Waals surface area contributed by atoms with Crippen LogP contribution in [0.25, 0.3) is 0 Å². The predicted molar refractivity (Wildman–Crippen MR) is 141 cm³/mol. The summed E-state index contributed by atoms with van der Waals surface area (Å²) in [5.41, 5.74) is 1.84. The minimum atomic E-state index is -0.220. The monoisotopic (exact) mass is 512 g/mol. The van der Waals surface area contributed by atoms with Gasteiger partial charge in [-0.1, -0.05) is 12.1 Å². The number of nitrogens with zero attached hydrogens (tertiary/aromatic N) is 3.